The van der Waals surface area contributed by atoms with Crippen molar-refractivity contribution in [3.63, 3.8) is 0 Å². The van der Waals surface area contributed by atoms with Gasteiger partial charge < -0.3 is 16.0 Å². The van der Waals surface area contributed by atoms with Gasteiger partial charge in [-0.2, -0.15) is 4.98 Å². The Morgan fingerprint density at radius 2 is 2.04 bits per heavy atom. The van der Waals surface area contributed by atoms with Gasteiger partial charge in [-0.25, -0.2) is 9.78 Å². The van der Waals surface area contributed by atoms with Crippen LogP contribution in [0.15, 0.2) is 47.4 Å². The highest BCUT2D eigenvalue weighted by atomic mass is 16.1. The van der Waals surface area contributed by atoms with Crippen LogP contribution in [0.25, 0.3) is 11.2 Å². The third kappa shape index (κ3) is 3.41. The van der Waals surface area contributed by atoms with Crippen LogP contribution in [-0.4, -0.2) is 32.6 Å². The molecule has 7 heteroatoms. The molecule has 0 spiro atoms. The van der Waals surface area contributed by atoms with Crippen molar-refractivity contribution in [2.24, 2.45) is 5.73 Å². The Hall–Kier alpha value is -2.67. The molecule has 2 aromatic heterocycles. The summed E-state index contributed by atoms with van der Waals surface area (Å²) in [5.41, 5.74) is 8.87. The summed E-state index contributed by atoms with van der Waals surface area (Å²) in [5.74, 6) is 0.524. The maximum Gasteiger partial charge on any atom is 0.327 e. The van der Waals surface area contributed by atoms with E-state index in [0.717, 1.165) is 43.4 Å². The number of H-pyrrole nitrogens is 1. The van der Waals surface area contributed by atoms with Gasteiger partial charge >= 0.3 is 5.69 Å². The summed E-state index contributed by atoms with van der Waals surface area (Å²) >= 11 is 0. The van der Waals surface area contributed by atoms with Gasteiger partial charge in [0.1, 0.15) is 5.52 Å². The third-order valence-electron chi connectivity index (χ3n) is 4.55. The molecule has 0 bridgehead atoms. The molecule has 0 aliphatic heterocycles. The zero-order chi connectivity index (χ0) is 17.8. The molecular weight excluding hydrogens is 316 g/mol. The molecule has 2 heterocycles. The van der Waals surface area contributed by atoms with Crippen LogP contribution in [-0.2, 0) is 0 Å². The smallest absolute Gasteiger partial charge is 0.327 e. The monoisotopic (exact) mass is 340 g/mol. The lowest BCUT2D eigenvalue weighted by atomic mass is 10.1. The second-order valence-corrected chi connectivity index (χ2v) is 6.17. The number of aromatic nitrogens is 4. The van der Waals surface area contributed by atoms with E-state index in [9.17, 15) is 4.79 Å². The molecule has 0 atom stereocenters. The lowest BCUT2D eigenvalue weighted by molar-refractivity contribution is 0.524. The number of fused-ring (bicyclic) bond motifs is 1. The van der Waals surface area contributed by atoms with E-state index >= 15 is 0 Å². The minimum Gasteiger partial charge on any atom is -0.354 e. The zero-order valence-electron chi connectivity index (χ0n) is 14.3. The van der Waals surface area contributed by atoms with Crippen molar-refractivity contribution >= 4 is 17.1 Å². The SMILES string of the molecule is C=CC1=C(C=C)CC(n2c(=O)[nH]c3cnc(NCCCCN)nc32)C1. The lowest BCUT2D eigenvalue weighted by Gasteiger charge is -2.12. The fraction of sp³-hybridized carbons (Fsp3) is 0.389. The highest BCUT2D eigenvalue weighted by molar-refractivity contribution is 5.71. The summed E-state index contributed by atoms with van der Waals surface area (Å²) in [4.78, 5) is 24.1. The van der Waals surface area contributed by atoms with Crippen LogP contribution < -0.4 is 16.7 Å². The van der Waals surface area contributed by atoms with Gasteiger partial charge in [0.2, 0.25) is 5.95 Å². The average Bonchev–Trinajstić information content (AvgIpc) is 3.17. The highest BCUT2D eigenvalue weighted by Crippen LogP contribution is 2.36. The number of rotatable bonds is 8. The Balaban J connectivity index is 1.88. The maximum atomic E-state index is 12.5. The molecule has 0 saturated carbocycles. The fourth-order valence-corrected chi connectivity index (χ4v) is 3.26. The van der Waals surface area contributed by atoms with E-state index in [4.69, 9.17) is 5.73 Å². The number of anilines is 1. The van der Waals surface area contributed by atoms with E-state index in [1.165, 1.54) is 0 Å². The predicted octanol–water partition coefficient (Wildman–Crippen LogP) is 2.27. The molecule has 0 radical (unpaired) electrons. The molecule has 1 aliphatic carbocycles. The van der Waals surface area contributed by atoms with Crippen LogP contribution in [0.2, 0.25) is 0 Å². The Labute approximate surface area is 146 Å². The number of hydrogen-bond donors (Lipinski definition) is 3. The molecule has 4 N–H and O–H groups in total. The van der Waals surface area contributed by atoms with Gasteiger partial charge in [0.05, 0.1) is 6.20 Å². The normalized spacial score (nSPS) is 15.1. The number of hydrogen-bond acceptors (Lipinski definition) is 5. The summed E-state index contributed by atoms with van der Waals surface area (Å²) in [6.45, 7) is 9.14. The van der Waals surface area contributed by atoms with Gasteiger partial charge in [-0.15, -0.1) is 0 Å². The van der Waals surface area contributed by atoms with Crippen LogP contribution >= 0.6 is 0 Å². The molecule has 3 rings (SSSR count). The first-order valence-corrected chi connectivity index (χ1v) is 8.56. The predicted molar refractivity (Wildman–Crippen MR) is 101 cm³/mol. The van der Waals surface area contributed by atoms with Gasteiger partial charge in [-0.1, -0.05) is 25.3 Å². The molecule has 1 aliphatic rings. The number of aromatic amines is 1. The van der Waals surface area contributed by atoms with Gasteiger partial charge in [0, 0.05) is 12.6 Å². The van der Waals surface area contributed by atoms with Crippen LogP contribution in [0.3, 0.4) is 0 Å². The quantitative estimate of drug-likeness (QED) is 0.640. The summed E-state index contributed by atoms with van der Waals surface area (Å²) in [7, 11) is 0. The first-order chi connectivity index (χ1) is 12.2. The van der Waals surface area contributed by atoms with Crippen molar-refractivity contribution in [3.8, 4) is 0 Å². The number of unbranched alkanes of at least 4 members (excludes halogenated alkanes) is 1. The minimum atomic E-state index is -0.164. The van der Waals surface area contributed by atoms with E-state index in [2.05, 4.69) is 33.4 Å². The van der Waals surface area contributed by atoms with Crippen molar-refractivity contribution in [1.29, 1.82) is 0 Å². The van der Waals surface area contributed by atoms with Crippen molar-refractivity contribution in [2.75, 3.05) is 18.4 Å². The average molecular weight is 340 g/mol. The van der Waals surface area contributed by atoms with Crippen LogP contribution in [0.1, 0.15) is 31.7 Å². The van der Waals surface area contributed by atoms with E-state index in [1.807, 2.05) is 12.2 Å². The maximum absolute atomic E-state index is 12.5. The Morgan fingerprint density at radius 1 is 1.32 bits per heavy atom. The van der Waals surface area contributed by atoms with E-state index in [1.54, 1.807) is 10.8 Å². The van der Waals surface area contributed by atoms with Crippen LogP contribution in [0.4, 0.5) is 5.95 Å². The number of nitrogens with zero attached hydrogens (tertiary/aromatic N) is 3. The number of imidazole rings is 1. The molecule has 0 saturated heterocycles. The van der Waals surface area contributed by atoms with Gasteiger partial charge in [-0.3, -0.25) is 4.57 Å². The van der Waals surface area contributed by atoms with Gasteiger partial charge in [0.25, 0.3) is 0 Å². The molecule has 0 amide bonds. The van der Waals surface area contributed by atoms with Gasteiger partial charge in [-0.05, 0) is 43.4 Å². The second-order valence-electron chi connectivity index (χ2n) is 6.17. The first-order valence-electron chi connectivity index (χ1n) is 8.56. The standard InChI is InChI=1S/C18H24N6O/c1-3-12-9-14(10-13(12)4-2)24-16-15(22-18(24)25)11-21-17(23-16)20-8-6-5-7-19/h3-4,11,14H,1-2,5-10,19H2,(H,22,25)(H,20,21,23). The molecule has 25 heavy (non-hydrogen) atoms. The number of allylic oxidation sites excluding steroid dienone is 4. The molecule has 132 valence electrons. The molecular formula is C18H24N6O. The largest absolute Gasteiger partial charge is 0.354 e. The first kappa shape index (κ1) is 17.2. The Morgan fingerprint density at radius 3 is 2.68 bits per heavy atom. The molecule has 2 aromatic rings. The van der Waals surface area contributed by atoms with Crippen molar-refractivity contribution in [3.05, 3.63) is 53.1 Å². The second kappa shape index (κ2) is 7.48. The third-order valence-corrected chi connectivity index (χ3v) is 4.55. The Kier molecular flexibility index (Phi) is 5.14. The van der Waals surface area contributed by atoms with Crippen LogP contribution in [0.5, 0.6) is 0 Å². The summed E-state index contributed by atoms with van der Waals surface area (Å²) in [6, 6.07) is 0.0160. The number of nitrogens with one attached hydrogen (secondary N) is 2. The van der Waals surface area contributed by atoms with Crippen LogP contribution in [0, 0.1) is 0 Å². The topological polar surface area (TPSA) is 102 Å². The van der Waals surface area contributed by atoms with Crippen molar-refractivity contribution < 1.29 is 0 Å². The van der Waals surface area contributed by atoms with E-state index < -0.39 is 0 Å². The zero-order valence-corrected chi connectivity index (χ0v) is 14.3. The Bertz CT molecular complexity index is 855. The highest BCUT2D eigenvalue weighted by Gasteiger charge is 2.26. The van der Waals surface area contributed by atoms with Crippen molar-refractivity contribution in [1.82, 2.24) is 19.5 Å². The van der Waals surface area contributed by atoms with Gasteiger partial charge in [0.15, 0.2) is 5.65 Å². The molecule has 0 unspecified atom stereocenters. The summed E-state index contributed by atoms with van der Waals surface area (Å²) < 4.78 is 1.72. The van der Waals surface area contributed by atoms with Crippen molar-refractivity contribution in [2.45, 2.75) is 31.7 Å². The molecule has 0 aromatic carbocycles. The molecule has 0 fully saturated rings. The molecule has 7 nitrogen and oxygen atoms in total. The lowest BCUT2D eigenvalue weighted by Crippen LogP contribution is -2.21. The summed E-state index contributed by atoms with van der Waals surface area (Å²) in [6.07, 6.45) is 8.74. The fourth-order valence-electron chi connectivity index (χ4n) is 3.26. The summed E-state index contributed by atoms with van der Waals surface area (Å²) in [5, 5.41) is 3.19. The van der Waals surface area contributed by atoms with E-state index in [0.29, 0.717) is 23.7 Å². The number of nitrogens with two attached hydrogens (primary N) is 1. The minimum absolute atomic E-state index is 0.0160. The van der Waals surface area contributed by atoms with E-state index in [-0.39, 0.29) is 11.7 Å².